The summed E-state index contributed by atoms with van der Waals surface area (Å²) in [5.74, 6) is 0.0543. The summed E-state index contributed by atoms with van der Waals surface area (Å²) in [5.41, 5.74) is 1.10. The topological polar surface area (TPSA) is 72.7 Å². The summed E-state index contributed by atoms with van der Waals surface area (Å²) in [6.07, 6.45) is -0.656. The Labute approximate surface area is 76.5 Å². The second-order valence-electron chi connectivity index (χ2n) is 2.82. The summed E-state index contributed by atoms with van der Waals surface area (Å²) in [6.45, 7) is 1.37. The van der Waals surface area contributed by atoms with Gasteiger partial charge in [0.05, 0.1) is 6.61 Å². The summed E-state index contributed by atoms with van der Waals surface area (Å²) in [5, 5.41) is 29.8. The number of aliphatic hydroxyl groups excluding tert-OH is 2. The van der Waals surface area contributed by atoms with Gasteiger partial charge in [0.15, 0.2) is 0 Å². The minimum absolute atomic E-state index is 0.0543. The molecule has 0 aliphatic rings. The Kier molecular flexibility index (Phi) is 3.11. The van der Waals surface area contributed by atoms with Crippen molar-refractivity contribution in [2.24, 2.45) is 0 Å². The van der Waals surface area contributed by atoms with Gasteiger partial charge < -0.3 is 20.6 Å². The third-order valence-electron chi connectivity index (χ3n) is 1.63. The molecule has 72 valence electrons. The van der Waals surface area contributed by atoms with Crippen molar-refractivity contribution in [2.75, 3.05) is 5.32 Å². The number of hydrogen-bond donors (Lipinski definition) is 4. The van der Waals surface area contributed by atoms with Crippen molar-refractivity contribution < 1.29 is 15.3 Å². The molecule has 1 unspecified atom stereocenters. The first-order chi connectivity index (χ1) is 6.13. The van der Waals surface area contributed by atoms with Crippen molar-refractivity contribution >= 4 is 5.69 Å². The number of hydrogen-bond acceptors (Lipinski definition) is 4. The van der Waals surface area contributed by atoms with E-state index >= 15 is 0 Å². The molecule has 0 fully saturated rings. The molecule has 1 aromatic rings. The molecule has 0 aliphatic carbocycles. The van der Waals surface area contributed by atoms with Crippen molar-refractivity contribution in [1.82, 2.24) is 0 Å². The van der Waals surface area contributed by atoms with Crippen LogP contribution in [-0.2, 0) is 6.61 Å². The third-order valence-corrected chi connectivity index (χ3v) is 1.63. The molecule has 13 heavy (non-hydrogen) atoms. The molecule has 0 saturated heterocycles. The molecule has 0 heterocycles. The molecule has 0 aliphatic heterocycles. The Balaban J connectivity index is 2.86. The first kappa shape index (κ1) is 9.83. The molecule has 1 rings (SSSR count). The second kappa shape index (κ2) is 4.11. The minimum atomic E-state index is -0.656. The average molecular weight is 183 g/mol. The van der Waals surface area contributed by atoms with Gasteiger partial charge >= 0.3 is 0 Å². The van der Waals surface area contributed by atoms with Crippen LogP contribution in [0.2, 0.25) is 0 Å². The minimum Gasteiger partial charge on any atom is -0.508 e. The predicted molar refractivity (Wildman–Crippen MR) is 49.3 cm³/mol. The van der Waals surface area contributed by atoms with E-state index < -0.39 is 6.23 Å². The lowest BCUT2D eigenvalue weighted by atomic mass is 10.2. The molecule has 0 amide bonds. The van der Waals surface area contributed by atoms with Crippen molar-refractivity contribution in [3.63, 3.8) is 0 Å². The number of phenols is 1. The van der Waals surface area contributed by atoms with Crippen LogP contribution < -0.4 is 5.32 Å². The predicted octanol–water partition coefficient (Wildman–Crippen LogP) is 0.635. The number of nitrogens with one attached hydrogen (secondary N) is 1. The Hall–Kier alpha value is -1.26. The molecular formula is C9H13NO3. The molecule has 4 N–H and O–H groups in total. The van der Waals surface area contributed by atoms with Crippen LogP contribution in [0, 0.1) is 0 Å². The highest BCUT2D eigenvalue weighted by Gasteiger charge is 2.02. The van der Waals surface area contributed by atoms with Crippen molar-refractivity contribution in [1.29, 1.82) is 0 Å². The second-order valence-corrected chi connectivity index (χ2v) is 2.82. The van der Waals surface area contributed by atoms with Crippen LogP contribution in [0.15, 0.2) is 18.2 Å². The Bertz CT molecular complexity index is 286. The van der Waals surface area contributed by atoms with Gasteiger partial charge in [-0.3, -0.25) is 0 Å². The van der Waals surface area contributed by atoms with Crippen LogP contribution in [0.25, 0.3) is 0 Å². The molecule has 0 spiro atoms. The maximum atomic E-state index is 9.22. The highest BCUT2D eigenvalue weighted by molar-refractivity contribution is 5.50. The van der Waals surface area contributed by atoms with E-state index in [4.69, 9.17) is 10.2 Å². The van der Waals surface area contributed by atoms with Gasteiger partial charge in [0.2, 0.25) is 0 Å². The molecule has 4 nitrogen and oxygen atoms in total. The third kappa shape index (κ3) is 2.61. The molecule has 0 bridgehead atoms. The van der Waals surface area contributed by atoms with Crippen LogP contribution in [0.1, 0.15) is 12.5 Å². The van der Waals surface area contributed by atoms with E-state index in [1.54, 1.807) is 19.1 Å². The normalized spacial score (nSPS) is 12.5. The van der Waals surface area contributed by atoms with Crippen molar-refractivity contribution in [2.45, 2.75) is 19.8 Å². The first-order valence-electron chi connectivity index (χ1n) is 4.01. The lowest BCUT2D eigenvalue weighted by Crippen LogP contribution is -2.13. The van der Waals surface area contributed by atoms with E-state index in [1.807, 2.05) is 0 Å². The highest BCUT2D eigenvalue weighted by Crippen LogP contribution is 2.21. The largest absolute Gasteiger partial charge is 0.508 e. The number of anilines is 1. The van der Waals surface area contributed by atoms with E-state index in [1.165, 1.54) is 6.07 Å². The van der Waals surface area contributed by atoms with Crippen LogP contribution in [0.4, 0.5) is 5.69 Å². The molecular weight excluding hydrogens is 170 g/mol. The smallest absolute Gasteiger partial charge is 0.121 e. The van der Waals surface area contributed by atoms with Crippen LogP contribution >= 0.6 is 0 Å². The first-order valence-corrected chi connectivity index (χ1v) is 4.01. The zero-order chi connectivity index (χ0) is 9.84. The van der Waals surface area contributed by atoms with E-state index in [0.717, 1.165) is 0 Å². The van der Waals surface area contributed by atoms with Gasteiger partial charge in [0, 0.05) is 11.3 Å². The van der Waals surface area contributed by atoms with E-state index in [9.17, 15) is 5.11 Å². The fourth-order valence-corrected chi connectivity index (χ4v) is 1.04. The maximum absolute atomic E-state index is 9.22. The maximum Gasteiger partial charge on any atom is 0.121 e. The summed E-state index contributed by atoms with van der Waals surface area (Å²) >= 11 is 0. The fraction of sp³-hybridized carbons (Fsp3) is 0.333. The Morgan fingerprint density at radius 3 is 2.69 bits per heavy atom. The molecule has 0 radical (unpaired) electrons. The van der Waals surface area contributed by atoms with Crippen molar-refractivity contribution in [3.05, 3.63) is 23.8 Å². The quantitative estimate of drug-likeness (QED) is 0.410. The lowest BCUT2D eigenvalue weighted by molar-refractivity contribution is 0.224. The summed E-state index contributed by atoms with van der Waals surface area (Å²) in [6, 6.07) is 4.68. The zero-order valence-electron chi connectivity index (χ0n) is 7.36. The lowest BCUT2D eigenvalue weighted by Gasteiger charge is -2.10. The monoisotopic (exact) mass is 183 g/mol. The van der Waals surface area contributed by atoms with Crippen LogP contribution in [0.3, 0.4) is 0 Å². The molecule has 0 aromatic heterocycles. The fourth-order valence-electron chi connectivity index (χ4n) is 1.04. The number of benzene rings is 1. The number of aromatic hydroxyl groups is 1. The van der Waals surface area contributed by atoms with Crippen LogP contribution in [0.5, 0.6) is 5.75 Å². The van der Waals surface area contributed by atoms with Crippen molar-refractivity contribution in [3.8, 4) is 5.75 Å². The summed E-state index contributed by atoms with van der Waals surface area (Å²) in [4.78, 5) is 0. The Morgan fingerprint density at radius 2 is 2.15 bits per heavy atom. The van der Waals surface area contributed by atoms with Gasteiger partial charge in [-0.15, -0.1) is 0 Å². The van der Waals surface area contributed by atoms with E-state index in [2.05, 4.69) is 5.32 Å². The Morgan fingerprint density at radius 1 is 1.46 bits per heavy atom. The molecule has 0 saturated carbocycles. The zero-order valence-corrected chi connectivity index (χ0v) is 7.36. The molecule has 1 atom stereocenters. The van der Waals surface area contributed by atoms with Gasteiger partial charge in [0.1, 0.15) is 12.0 Å². The van der Waals surface area contributed by atoms with Gasteiger partial charge in [-0.2, -0.15) is 0 Å². The molecule has 1 aromatic carbocycles. The standard InChI is InChI=1S/C9H13NO3/c1-6(12)10-8-2-3-9(13)7(4-8)5-11/h2-4,6,10-13H,5H2,1H3. The summed E-state index contributed by atoms with van der Waals surface area (Å²) < 4.78 is 0. The van der Waals surface area contributed by atoms with E-state index in [0.29, 0.717) is 11.3 Å². The van der Waals surface area contributed by atoms with Gasteiger partial charge in [-0.25, -0.2) is 0 Å². The highest BCUT2D eigenvalue weighted by atomic mass is 16.3. The average Bonchev–Trinajstić information content (AvgIpc) is 2.07. The van der Waals surface area contributed by atoms with Gasteiger partial charge in [-0.1, -0.05) is 0 Å². The molecule has 4 heteroatoms. The number of aliphatic hydroxyl groups is 2. The summed E-state index contributed by atoms with van der Waals surface area (Å²) in [7, 11) is 0. The van der Waals surface area contributed by atoms with E-state index in [-0.39, 0.29) is 12.4 Å². The van der Waals surface area contributed by atoms with Gasteiger partial charge in [-0.05, 0) is 25.1 Å². The van der Waals surface area contributed by atoms with Gasteiger partial charge in [0.25, 0.3) is 0 Å². The number of rotatable bonds is 3. The SMILES string of the molecule is CC(O)Nc1ccc(O)c(CO)c1. The van der Waals surface area contributed by atoms with Crippen LogP contribution in [-0.4, -0.2) is 21.5 Å².